The molecule has 1 aromatic rings. The van der Waals surface area contributed by atoms with Crippen LogP contribution in [0, 0.1) is 11.8 Å². The largest absolute Gasteiger partial charge is 0.352 e. The van der Waals surface area contributed by atoms with Crippen molar-refractivity contribution in [1.29, 1.82) is 0 Å². The molecule has 0 radical (unpaired) electrons. The first-order chi connectivity index (χ1) is 9.38. The molecular formula is C14H20N2O3S. The molecular weight excluding hydrogens is 276 g/mol. The lowest BCUT2D eigenvalue weighted by atomic mass is 9.88. The molecule has 6 heteroatoms. The number of carbonyl (C=O) groups is 1. The molecule has 0 bridgehead atoms. The summed E-state index contributed by atoms with van der Waals surface area (Å²) in [5.74, 6) is 0.470. The van der Waals surface area contributed by atoms with Crippen LogP contribution in [-0.4, -0.2) is 33.7 Å². The van der Waals surface area contributed by atoms with Crippen LogP contribution in [0.2, 0.25) is 0 Å². The zero-order chi connectivity index (χ0) is 14.8. The molecule has 1 amide bonds. The van der Waals surface area contributed by atoms with Gasteiger partial charge in [0.05, 0.1) is 4.90 Å². The van der Waals surface area contributed by atoms with Crippen molar-refractivity contribution in [3.05, 3.63) is 29.8 Å². The molecule has 1 aliphatic rings. The van der Waals surface area contributed by atoms with Gasteiger partial charge in [-0.25, -0.2) is 8.42 Å². The summed E-state index contributed by atoms with van der Waals surface area (Å²) >= 11 is 0. The summed E-state index contributed by atoms with van der Waals surface area (Å²) in [5, 5.41) is 6.04. The molecule has 1 unspecified atom stereocenters. The molecule has 20 heavy (non-hydrogen) atoms. The van der Waals surface area contributed by atoms with Crippen molar-refractivity contribution in [2.24, 2.45) is 11.8 Å². The normalized spacial score (nSPS) is 17.3. The lowest BCUT2D eigenvalue weighted by Crippen LogP contribution is -2.49. The van der Waals surface area contributed by atoms with Crippen molar-refractivity contribution in [3.63, 3.8) is 0 Å². The lowest BCUT2D eigenvalue weighted by Gasteiger charge is -2.31. The standard InChI is InChI=1S/C14H20N2O3S/c1-10(12-8-15-9-12)14(17)16-7-11-3-5-13(6-4-11)20(2,18)19/h3-6,10,12,15H,7-9H2,1-2H3,(H,16,17). The molecule has 1 saturated heterocycles. The third-order valence-corrected chi connectivity index (χ3v) is 4.88. The summed E-state index contributed by atoms with van der Waals surface area (Å²) < 4.78 is 22.7. The van der Waals surface area contributed by atoms with Gasteiger partial charge in [-0.1, -0.05) is 19.1 Å². The summed E-state index contributed by atoms with van der Waals surface area (Å²) in [4.78, 5) is 12.2. The van der Waals surface area contributed by atoms with Gasteiger partial charge in [-0.3, -0.25) is 4.79 Å². The molecule has 2 N–H and O–H groups in total. The van der Waals surface area contributed by atoms with Crippen LogP contribution in [0.15, 0.2) is 29.2 Å². The molecule has 5 nitrogen and oxygen atoms in total. The second kappa shape index (κ2) is 5.93. The van der Waals surface area contributed by atoms with Gasteiger partial charge in [0.15, 0.2) is 9.84 Å². The Kier molecular flexibility index (Phi) is 4.45. The van der Waals surface area contributed by atoms with Crippen LogP contribution >= 0.6 is 0 Å². The molecule has 2 rings (SSSR count). The van der Waals surface area contributed by atoms with Crippen LogP contribution < -0.4 is 10.6 Å². The number of nitrogens with one attached hydrogen (secondary N) is 2. The summed E-state index contributed by atoms with van der Waals surface area (Å²) in [7, 11) is -3.17. The Bertz CT molecular complexity index is 577. The van der Waals surface area contributed by atoms with Crippen LogP contribution in [0.4, 0.5) is 0 Å². The number of amides is 1. The van der Waals surface area contributed by atoms with Crippen LogP contribution in [0.1, 0.15) is 12.5 Å². The topological polar surface area (TPSA) is 75.3 Å². The van der Waals surface area contributed by atoms with Crippen LogP contribution in [0.5, 0.6) is 0 Å². The Morgan fingerprint density at radius 3 is 2.40 bits per heavy atom. The number of hydrogen-bond acceptors (Lipinski definition) is 4. The molecule has 1 atom stereocenters. The van der Waals surface area contributed by atoms with E-state index in [9.17, 15) is 13.2 Å². The average Bonchev–Trinajstić information content (AvgIpc) is 2.33. The van der Waals surface area contributed by atoms with Crippen molar-refractivity contribution in [2.75, 3.05) is 19.3 Å². The SMILES string of the molecule is CC(C(=O)NCc1ccc(S(C)(=O)=O)cc1)C1CNC1. The molecule has 0 saturated carbocycles. The molecule has 0 aromatic heterocycles. The molecule has 1 aromatic carbocycles. The van der Waals surface area contributed by atoms with Gasteiger partial charge in [0.25, 0.3) is 0 Å². The van der Waals surface area contributed by atoms with Gasteiger partial charge < -0.3 is 10.6 Å². The van der Waals surface area contributed by atoms with E-state index in [2.05, 4.69) is 10.6 Å². The molecule has 1 fully saturated rings. The van der Waals surface area contributed by atoms with E-state index in [1.54, 1.807) is 24.3 Å². The van der Waals surface area contributed by atoms with E-state index in [0.29, 0.717) is 17.4 Å². The minimum Gasteiger partial charge on any atom is -0.352 e. The Hall–Kier alpha value is -1.40. The highest BCUT2D eigenvalue weighted by molar-refractivity contribution is 7.90. The van der Waals surface area contributed by atoms with E-state index in [-0.39, 0.29) is 11.8 Å². The summed E-state index contributed by atoms with van der Waals surface area (Å²) in [5.41, 5.74) is 0.893. The van der Waals surface area contributed by atoms with E-state index < -0.39 is 9.84 Å². The van der Waals surface area contributed by atoms with Crippen molar-refractivity contribution in [3.8, 4) is 0 Å². The number of rotatable bonds is 5. The van der Waals surface area contributed by atoms with Crippen molar-refractivity contribution in [2.45, 2.75) is 18.4 Å². The van der Waals surface area contributed by atoms with Crippen LogP contribution in [-0.2, 0) is 21.2 Å². The van der Waals surface area contributed by atoms with E-state index in [0.717, 1.165) is 18.7 Å². The monoisotopic (exact) mass is 296 g/mol. The second-order valence-corrected chi connectivity index (χ2v) is 7.36. The fraction of sp³-hybridized carbons (Fsp3) is 0.500. The lowest BCUT2D eigenvalue weighted by molar-refractivity contribution is -0.126. The maximum absolute atomic E-state index is 11.9. The van der Waals surface area contributed by atoms with Gasteiger partial charge in [0, 0.05) is 18.7 Å². The Labute approximate surface area is 119 Å². The summed E-state index contributed by atoms with van der Waals surface area (Å²) in [6.07, 6.45) is 1.18. The Balaban J connectivity index is 1.89. The minimum atomic E-state index is -3.17. The zero-order valence-corrected chi connectivity index (χ0v) is 12.5. The van der Waals surface area contributed by atoms with E-state index in [1.165, 1.54) is 6.26 Å². The number of benzene rings is 1. The van der Waals surface area contributed by atoms with Crippen molar-refractivity contribution < 1.29 is 13.2 Å². The van der Waals surface area contributed by atoms with Gasteiger partial charge in [0.2, 0.25) is 5.91 Å². The van der Waals surface area contributed by atoms with Crippen LogP contribution in [0.25, 0.3) is 0 Å². The molecule has 110 valence electrons. The van der Waals surface area contributed by atoms with Gasteiger partial charge in [0.1, 0.15) is 0 Å². The fourth-order valence-electron chi connectivity index (χ4n) is 2.08. The summed E-state index contributed by atoms with van der Waals surface area (Å²) in [6, 6.07) is 6.59. The van der Waals surface area contributed by atoms with E-state index >= 15 is 0 Å². The Morgan fingerprint density at radius 1 is 1.35 bits per heavy atom. The van der Waals surface area contributed by atoms with Gasteiger partial charge in [-0.05, 0) is 36.7 Å². The first-order valence-electron chi connectivity index (χ1n) is 6.65. The highest BCUT2D eigenvalue weighted by Crippen LogP contribution is 2.16. The number of sulfone groups is 1. The van der Waals surface area contributed by atoms with Gasteiger partial charge in [-0.2, -0.15) is 0 Å². The quantitative estimate of drug-likeness (QED) is 0.832. The zero-order valence-electron chi connectivity index (χ0n) is 11.7. The minimum absolute atomic E-state index is 0.00606. The summed E-state index contributed by atoms with van der Waals surface area (Å²) in [6.45, 7) is 4.16. The van der Waals surface area contributed by atoms with E-state index in [4.69, 9.17) is 0 Å². The van der Waals surface area contributed by atoms with E-state index in [1.807, 2.05) is 6.92 Å². The van der Waals surface area contributed by atoms with Crippen LogP contribution in [0.3, 0.4) is 0 Å². The highest BCUT2D eigenvalue weighted by atomic mass is 32.2. The fourth-order valence-corrected chi connectivity index (χ4v) is 2.71. The first-order valence-corrected chi connectivity index (χ1v) is 8.54. The highest BCUT2D eigenvalue weighted by Gasteiger charge is 2.28. The number of carbonyl (C=O) groups excluding carboxylic acids is 1. The number of hydrogen-bond donors (Lipinski definition) is 2. The third kappa shape index (κ3) is 3.58. The second-order valence-electron chi connectivity index (χ2n) is 5.34. The molecule has 1 aliphatic heterocycles. The van der Waals surface area contributed by atoms with Crippen molar-refractivity contribution >= 4 is 15.7 Å². The molecule has 0 aliphatic carbocycles. The average molecular weight is 296 g/mol. The molecule has 1 heterocycles. The third-order valence-electron chi connectivity index (χ3n) is 3.75. The maximum atomic E-state index is 11.9. The first kappa shape index (κ1) is 15.0. The predicted octanol–water partition coefficient (Wildman–Crippen LogP) is 0.562. The van der Waals surface area contributed by atoms with Gasteiger partial charge >= 0.3 is 0 Å². The van der Waals surface area contributed by atoms with Crippen molar-refractivity contribution in [1.82, 2.24) is 10.6 Å². The molecule has 0 spiro atoms. The van der Waals surface area contributed by atoms with Gasteiger partial charge in [-0.15, -0.1) is 0 Å². The maximum Gasteiger partial charge on any atom is 0.223 e. The predicted molar refractivity (Wildman–Crippen MR) is 76.9 cm³/mol. The smallest absolute Gasteiger partial charge is 0.223 e. The Morgan fingerprint density at radius 2 is 1.95 bits per heavy atom.